The van der Waals surface area contributed by atoms with Gasteiger partial charge in [0, 0.05) is 10.7 Å². The fourth-order valence-electron chi connectivity index (χ4n) is 1.18. The molecule has 0 N–H and O–H groups in total. The SMILES string of the molecule is COc1cc(Br)cnc1N(CC(C)=O)OC. The summed E-state index contributed by atoms with van der Waals surface area (Å²) in [6, 6.07) is 1.76. The lowest BCUT2D eigenvalue weighted by atomic mass is 10.4. The standard InChI is InChI=1S/C10H13BrN2O3/c1-7(14)6-13(16-3)10-9(15-2)4-8(11)5-12-10/h4-5H,6H2,1-3H3. The Hall–Kier alpha value is -1.14. The average Bonchev–Trinajstić information content (AvgIpc) is 2.25. The summed E-state index contributed by atoms with van der Waals surface area (Å²) >= 11 is 3.29. The molecule has 0 aliphatic carbocycles. The summed E-state index contributed by atoms with van der Waals surface area (Å²) in [4.78, 5) is 20.3. The molecule has 1 aromatic rings. The Morgan fingerprint density at radius 1 is 1.56 bits per heavy atom. The molecule has 0 saturated carbocycles. The molecule has 0 atom stereocenters. The van der Waals surface area contributed by atoms with E-state index in [1.807, 2.05) is 0 Å². The average molecular weight is 289 g/mol. The van der Waals surface area contributed by atoms with E-state index in [0.29, 0.717) is 11.6 Å². The highest BCUT2D eigenvalue weighted by Crippen LogP contribution is 2.28. The van der Waals surface area contributed by atoms with Gasteiger partial charge >= 0.3 is 0 Å². The molecule has 0 spiro atoms. The first kappa shape index (κ1) is 12.9. The quantitative estimate of drug-likeness (QED) is 0.774. The van der Waals surface area contributed by atoms with Crippen molar-refractivity contribution in [3.05, 3.63) is 16.7 Å². The molecule has 0 aliphatic rings. The highest BCUT2D eigenvalue weighted by atomic mass is 79.9. The fourth-order valence-corrected chi connectivity index (χ4v) is 1.49. The number of hydroxylamine groups is 1. The van der Waals surface area contributed by atoms with Gasteiger partial charge in [0.05, 0.1) is 14.2 Å². The minimum Gasteiger partial charge on any atom is -0.493 e. The van der Waals surface area contributed by atoms with Crippen molar-refractivity contribution in [3.63, 3.8) is 0 Å². The zero-order valence-corrected chi connectivity index (χ0v) is 10.9. The minimum atomic E-state index is -0.0198. The van der Waals surface area contributed by atoms with Crippen LogP contribution in [0.5, 0.6) is 5.75 Å². The van der Waals surface area contributed by atoms with E-state index in [1.165, 1.54) is 26.2 Å². The molecule has 0 unspecified atom stereocenters. The second-order valence-corrected chi connectivity index (χ2v) is 4.02. The van der Waals surface area contributed by atoms with E-state index in [-0.39, 0.29) is 12.3 Å². The Bertz CT molecular complexity index is 384. The number of hydrogen-bond acceptors (Lipinski definition) is 5. The normalized spacial score (nSPS) is 10.0. The van der Waals surface area contributed by atoms with Crippen molar-refractivity contribution in [1.29, 1.82) is 0 Å². The van der Waals surface area contributed by atoms with Gasteiger partial charge in [-0.2, -0.15) is 0 Å². The molecule has 16 heavy (non-hydrogen) atoms. The predicted molar refractivity (Wildman–Crippen MR) is 63.5 cm³/mol. The molecule has 88 valence electrons. The Morgan fingerprint density at radius 3 is 2.75 bits per heavy atom. The number of methoxy groups -OCH3 is 1. The van der Waals surface area contributed by atoms with Crippen molar-refractivity contribution in [2.75, 3.05) is 25.8 Å². The molecule has 0 radical (unpaired) electrons. The predicted octanol–water partition coefficient (Wildman–Crippen LogP) is 1.81. The number of hydrogen-bond donors (Lipinski definition) is 0. The second kappa shape index (κ2) is 5.81. The van der Waals surface area contributed by atoms with Gasteiger partial charge in [-0.1, -0.05) is 0 Å². The molecule has 0 amide bonds. The molecule has 0 bridgehead atoms. The van der Waals surface area contributed by atoms with Gasteiger partial charge in [0.2, 0.25) is 0 Å². The second-order valence-electron chi connectivity index (χ2n) is 3.10. The first-order valence-electron chi connectivity index (χ1n) is 4.59. The van der Waals surface area contributed by atoms with Crippen molar-refractivity contribution < 1.29 is 14.4 Å². The number of halogens is 1. The first-order chi connectivity index (χ1) is 7.58. The molecule has 6 heteroatoms. The van der Waals surface area contributed by atoms with E-state index < -0.39 is 0 Å². The minimum absolute atomic E-state index is 0.0198. The molecular weight excluding hydrogens is 276 g/mol. The summed E-state index contributed by atoms with van der Waals surface area (Å²) in [5, 5.41) is 1.38. The third kappa shape index (κ3) is 3.18. The maximum atomic E-state index is 11.1. The van der Waals surface area contributed by atoms with Gasteiger partial charge in [-0.3, -0.25) is 9.63 Å². The molecule has 0 saturated heterocycles. The molecule has 1 aromatic heterocycles. The highest BCUT2D eigenvalue weighted by Gasteiger charge is 2.15. The monoisotopic (exact) mass is 288 g/mol. The van der Waals surface area contributed by atoms with Gasteiger partial charge in [0.15, 0.2) is 17.4 Å². The maximum Gasteiger partial charge on any atom is 0.195 e. The third-order valence-corrected chi connectivity index (χ3v) is 2.28. The number of aromatic nitrogens is 1. The highest BCUT2D eigenvalue weighted by molar-refractivity contribution is 9.10. The van der Waals surface area contributed by atoms with Crippen LogP contribution < -0.4 is 9.80 Å². The van der Waals surface area contributed by atoms with E-state index in [9.17, 15) is 4.79 Å². The van der Waals surface area contributed by atoms with Gasteiger partial charge in [-0.15, -0.1) is 0 Å². The molecular formula is C10H13BrN2O3. The number of carbonyl (C=O) groups excluding carboxylic acids is 1. The summed E-state index contributed by atoms with van der Waals surface area (Å²) in [5.41, 5.74) is 0. The van der Waals surface area contributed by atoms with Gasteiger partial charge < -0.3 is 4.74 Å². The van der Waals surface area contributed by atoms with Gasteiger partial charge in [-0.25, -0.2) is 10.0 Å². The zero-order chi connectivity index (χ0) is 12.1. The largest absolute Gasteiger partial charge is 0.493 e. The molecule has 0 aliphatic heterocycles. The van der Waals surface area contributed by atoms with Crippen LogP contribution in [0.4, 0.5) is 5.82 Å². The van der Waals surface area contributed by atoms with Gasteiger partial charge in [-0.05, 0) is 28.9 Å². The van der Waals surface area contributed by atoms with Crippen LogP contribution in [0, 0.1) is 0 Å². The van der Waals surface area contributed by atoms with Crippen molar-refractivity contribution in [1.82, 2.24) is 4.98 Å². The van der Waals surface area contributed by atoms with Crippen molar-refractivity contribution in [2.45, 2.75) is 6.92 Å². The van der Waals surface area contributed by atoms with E-state index in [4.69, 9.17) is 9.57 Å². The third-order valence-electron chi connectivity index (χ3n) is 1.84. The van der Waals surface area contributed by atoms with E-state index in [0.717, 1.165) is 4.47 Å². The van der Waals surface area contributed by atoms with Crippen molar-refractivity contribution >= 4 is 27.5 Å². The lowest BCUT2D eigenvalue weighted by Crippen LogP contribution is -2.28. The maximum absolute atomic E-state index is 11.1. The topological polar surface area (TPSA) is 51.7 Å². The van der Waals surface area contributed by atoms with Crippen LogP contribution in [0.15, 0.2) is 16.7 Å². The van der Waals surface area contributed by atoms with E-state index >= 15 is 0 Å². The molecule has 0 fully saturated rings. The number of anilines is 1. The van der Waals surface area contributed by atoms with Crippen LogP contribution in [-0.4, -0.2) is 31.5 Å². The van der Waals surface area contributed by atoms with Crippen molar-refractivity contribution in [3.8, 4) is 5.75 Å². The number of carbonyl (C=O) groups is 1. The van der Waals surface area contributed by atoms with Crippen LogP contribution in [0.25, 0.3) is 0 Å². The van der Waals surface area contributed by atoms with Crippen LogP contribution in [0.2, 0.25) is 0 Å². The van der Waals surface area contributed by atoms with E-state index in [2.05, 4.69) is 20.9 Å². The molecule has 1 rings (SSSR count). The summed E-state index contributed by atoms with van der Waals surface area (Å²) < 4.78 is 5.96. The Balaban J connectivity index is 3.03. The van der Waals surface area contributed by atoms with Crippen molar-refractivity contribution in [2.24, 2.45) is 0 Å². The fraction of sp³-hybridized carbons (Fsp3) is 0.400. The Kier molecular flexibility index (Phi) is 4.70. The number of Topliss-reactive ketones (excluding diaryl/α,β-unsaturated/α-hetero) is 1. The van der Waals surface area contributed by atoms with Crippen LogP contribution >= 0.6 is 15.9 Å². The summed E-state index contributed by atoms with van der Waals surface area (Å²) in [7, 11) is 3.01. The lowest BCUT2D eigenvalue weighted by molar-refractivity contribution is -0.116. The molecule has 1 heterocycles. The summed E-state index contributed by atoms with van der Waals surface area (Å²) in [6.07, 6.45) is 1.62. The number of ketones is 1. The summed E-state index contributed by atoms with van der Waals surface area (Å²) in [6.45, 7) is 1.61. The van der Waals surface area contributed by atoms with Crippen LogP contribution in [0.1, 0.15) is 6.92 Å². The molecule has 5 nitrogen and oxygen atoms in total. The van der Waals surface area contributed by atoms with Gasteiger partial charge in [0.25, 0.3) is 0 Å². The van der Waals surface area contributed by atoms with E-state index in [1.54, 1.807) is 12.3 Å². The lowest BCUT2D eigenvalue weighted by Gasteiger charge is -2.21. The Labute approximate surface area is 102 Å². The zero-order valence-electron chi connectivity index (χ0n) is 9.36. The summed E-state index contributed by atoms with van der Waals surface area (Å²) in [5.74, 6) is 0.995. The number of ether oxygens (including phenoxy) is 1. The first-order valence-corrected chi connectivity index (χ1v) is 5.38. The smallest absolute Gasteiger partial charge is 0.195 e. The van der Waals surface area contributed by atoms with Gasteiger partial charge in [0.1, 0.15) is 6.54 Å². The van der Waals surface area contributed by atoms with Crippen LogP contribution in [0.3, 0.4) is 0 Å². The molecule has 0 aromatic carbocycles. The number of nitrogens with zero attached hydrogens (tertiary/aromatic N) is 2. The number of pyridine rings is 1. The van der Waals surface area contributed by atoms with Crippen LogP contribution in [-0.2, 0) is 9.63 Å². The number of rotatable bonds is 5. The Morgan fingerprint density at radius 2 is 2.25 bits per heavy atom.